The second kappa shape index (κ2) is 11.9. The fraction of sp³-hybridized carbons (Fsp3) is 0.684. The minimum absolute atomic E-state index is 0. The van der Waals surface area contributed by atoms with Crippen molar-refractivity contribution in [2.75, 3.05) is 51.3 Å². The molecule has 1 aliphatic carbocycles. The summed E-state index contributed by atoms with van der Waals surface area (Å²) in [5, 5.41) is 10.2. The van der Waals surface area contributed by atoms with Crippen molar-refractivity contribution in [3.05, 3.63) is 24.3 Å². The van der Waals surface area contributed by atoms with Gasteiger partial charge in [0.1, 0.15) is 5.75 Å². The van der Waals surface area contributed by atoms with Crippen LogP contribution in [0.1, 0.15) is 25.7 Å². The second-order valence-corrected chi connectivity index (χ2v) is 6.88. The maximum absolute atomic E-state index is 10.2. The van der Waals surface area contributed by atoms with E-state index in [-0.39, 0.29) is 30.9 Å². The van der Waals surface area contributed by atoms with Gasteiger partial charge in [-0.05, 0) is 37.1 Å². The van der Waals surface area contributed by atoms with Crippen LogP contribution in [0.4, 0.5) is 5.69 Å². The van der Waals surface area contributed by atoms with E-state index in [9.17, 15) is 5.11 Å². The first-order valence-corrected chi connectivity index (χ1v) is 9.15. The third kappa shape index (κ3) is 6.78. The maximum Gasteiger partial charge on any atom is 0.119 e. The highest BCUT2D eigenvalue weighted by Crippen LogP contribution is 2.22. The van der Waals surface area contributed by atoms with Gasteiger partial charge in [0.2, 0.25) is 0 Å². The molecule has 1 heterocycles. The Kier molecular flexibility index (Phi) is 10.7. The summed E-state index contributed by atoms with van der Waals surface area (Å²) in [6.45, 7) is 5.12. The average molecular weight is 407 g/mol. The molecule has 5 nitrogen and oxygen atoms in total. The number of piperazine rings is 1. The zero-order valence-electron chi connectivity index (χ0n) is 15.5. The van der Waals surface area contributed by atoms with E-state index in [2.05, 4.69) is 21.9 Å². The molecule has 26 heavy (non-hydrogen) atoms. The molecule has 1 aliphatic heterocycles. The molecule has 150 valence electrons. The van der Waals surface area contributed by atoms with Gasteiger partial charge in [0.15, 0.2) is 0 Å². The fourth-order valence-corrected chi connectivity index (χ4v) is 3.63. The van der Waals surface area contributed by atoms with Gasteiger partial charge in [-0.2, -0.15) is 0 Å². The van der Waals surface area contributed by atoms with E-state index < -0.39 is 0 Å². The minimum atomic E-state index is -0.377. The van der Waals surface area contributed by atoms with Crippen molar-refractivity contribution in [3.63, 3.8) is 0 Å². The van der Waals surface area contributed by atoms with E-state index in [1.807, 2.05) is 12.1 Å². The molecule has 0 aromatic heterocycles. The summed E-state index contributed by atoms with van der Waals surface area (Å²) in [5.74, 6) is 0.891. The number of hydrogen-bond donors (Lipinski definition) is 1. The molecule has 2 aliphatic rings. The van der Waals surface area contributed by atoms with Crippen molar-refractivity contribution in [1.29, 1.82) is 0 Å². The number of hydrogen-bond acceptors (Lipinski definition) is 5. The van der Waals surface area contributed by atoms with Crippen LogP contribution in [0, 0.1) is 0 Å². The van der Waals surface area contributed by atoms with Crippen LogP contribution in [0.25, 0.3) is 0 Å². The first-order valence-electron chi connectivity index (χ1n) is 9.15. The topological polar surface area (TPSA) is 45.2 Å². The molecule has 0 bridgehead atoms. The number of methoxy groups -OCH3 is 1. The largest absolute Gasteiger partial charge is 0.497 e. The van der Waals surface area contributed by atoms with Gasteiger partial charge in [0, 0.05) is 38.4 Å². The molecule has 1 aromatic carbocycles. The number of ether oxygens (including phenoxy) is 2. The van der Waals surface area contributed by atoms with Crippen LogP contribution >= 0.6 is 24.8 Å². The Labute approximate surface area is 169 Å². The Balaban J connectivity index is 0.00000169. The summed E-state index contributed by atoms with van der Waals surface area (Å²) in [6.07, 6.45) is 4.87. The lowest BCUT2D eigenvalue weighted by molar-refractivity contribution is -0.0188. The molecule has 1 aromatic rings. The second-order valence-electron chi connectivity index (χ2n) is 6.88. The first kappa shape index (κ1) is 23.3. The van der Waals surface area contributed by atoms with Crippen molar-refractivity contribution >= 4 is 30.5 Å². The molecule has 1 saturated carbocycles. The van der Waals surface area contributed by atoms with Gasteiger partial charge in [0.05, 0.1) is 25.9 Å². The molecule has 1 N–H and O–H groups in total. The fourth-order valence-electron chi connectivity index (χ4n) is 3.63. The van der Waals surface area contributed by atoms with Crippen LogP contribution < -0.4 is 9.64 Å². The summed E-state index contributed by atoms with van der Waals surface area (Å²) in [6, 6.07) is 8.23. The molecule has 0 radical (unpaired) electrons. The van der Waals surface area contributed by atoms with Crippen LogP contribution in [-0.4, -0.2) is 68.7 Å². The van der Waals surface area contributed by atoms with Gasteiger partial charge in [0.25, 0.3) is 0 Å². The Morgan fingerprint density at radius 2 is 1.65 bits per heavy atom. The maximum atomic E-state index is 10.2. The SMILES string of the molecule is COc1ccc(N2CCN(CC(O)COC3CCCC3)CC2)cc1.Cl.Cl. The number of anilines is 1. The molecule has 1 unspecified atom stereocenters. The lowest BCUT2D eigenvalue weighted by Gasteiger charge is -2.37. The Morgan fingerprint density at radius 3 is 2.23 bits per heavy atom. The predicted octanol–water partition coefficient (Wildman–Crippen LogP) is 2.98. The predicted molar refractivity (Wildman–Crippen MR) is 110 cm³/mol. The van der Waals surface area contributed by atoms with Gasteiger partial charge in [-0.15, -0.1) is 24.8 Å². The third-order valence-electron chi connectivity index (χ3n) is 5.11. The molecule has 0 amide bonds. The summed E-state index contributed by atoms with van der Waals surface area (Å²) in [7, 11) is 1.69. The monoisotopic (exact) mass is 406 g/mol. The molecule has 1 atom stereocenters. The van der Waals surface area contributed by atoms with Crippen molar-refractivity contribution < 1.29 is 14.6 Å². The number of rotatable bonds is 7. The summed E-state index contributed by atoms with van der Waals surface area (Å²) < 4.78 is 11.0. The number of aliphatic hydroxyl groups excluding tert-OH is 1. The molecule has 2 fully saturated rings. The standard InChI is InChI=1S/C19H30N2O3.2ClH/c1-23-18-8-6-16(7-9-18)21-12-10-20(11-13-21)14-17(22)15-24-19-4-2-3-5-19;;/h6-9,17,19,22H,2-5,10-15H2,1H3;2*1H. The quantitative estimate of drug-likeness (QED) is 0.753. The summed E-state index contributed by atoms with van der Waals surface area (Å²) in [5.41, 5.74) is 1.24. The van der Waals surface area contributed by atoms with E-state index in [4.69, 9.17) is 9.47 Å². The zero-order valence-corrected chi connectivity index (χ0v) is 17.1. The first-order chi connectivity index (χ1) is 11.7. The van der Waals surface area contributed by atoms with Crippen molar-refractivity contribution in [1.82, 2.24) is 4.90 Å². The van der Waals surface area contributed by atoms with E-state index in [1.54, 1.807) is 7.11 Å². The Morgan fingerprint density at radius 1 is 1.04 bits per heavy atom. The molecule has 3 rings (SSSR count). The van der Waals surface area contributed by atoms with Crippen molar-refractivity contribution in [3.8, 4) is 5.75 Å². The van der Waals surface area contributed by atoms with Gasteiger partial charge >= 0.3 is 0 Å². The smallest absolute Gasteiger partial charge is 0.119 e. The number of aliphatic hydroxyl groups is 1. The molecular formula is C19H32Cl2N2O3. The summed E-state index contributed by atoms with van der Waals surface area (Å²) >= 11 is 0. The zero-order chi connectivity index (χ0) is 16.8. The third-order valence-corrected chi connectivity index (χ3v) is 5.11. The average Bonchev–Trinajstić information content (AvgIpc) is 3.14. The van der Waals surface area contributed by atoms with Crippen LogP contribution in [0.5, 0.6) is 5.75 Å². The van der Waals surface area contributed by atoms with Crippen molar-refractivity contribution in [2.45, 2.75) is 37.9 Å². The van der Waals surface area contributed by atoms with Crippen molar-refractivity contribution in [2.24, 2.45) is 0 Å². The number of halogens is 2. The van der Waals surface area contributed by atoms with E-state index in [0.717, 1.165) is 44.8 Å². The normalized spacial score (nSPS) is 19.5. The van der Waals surface area contributed by atoms with Gasteiger partial charge in [-0.3, -0.25) is 4.90 Å². The lowest BCUT2D eigenvalue weighted by Crippen LogP contribution is -2.49. The van der Waals surface area contributed by atoms with E-state index >= 15 is 0 Å². The number of nitrogens with zero attached hydrogens (tertiary/aromatic N) is 2. The Bertz CT molecular complexity index is 490. The molecule has 1 saturated heterocycles. The lowest BCUT2D eigenvalue weighted by atomic mass is 10.2. The van der Waals surface area contributed by atoms with E-state index in [0.29, 0.717) is 19.3 Å². The highest BCUT2D eigenvalue weighted by Gasteiger charge is 2.21. The minimum Gasteiger partial charge on any atom is -0.497 e. The number of β-amino-alcohol motifs (C(OH)–C–C–N with tert-alkyl or cyclic N) is 1. The summed E-state index contributed by atoms with van der Waals surface area (Å²) in [4.78, 5) is 4.72. The molecule has 0 spiro atoms. The molecular weight excluding hydrogens is 375 g/mol. The van der Waals surface area contributed by atoms with Gasteiger partial charge in [-0.25, -0.2) is 0 Å². The highest BCUT2D eigenvalue weighted by atomic mass is 35.5. The van der Waals surface area contributed by atoms with Gasteiger partial charge < -0.3 is 19.5 Å². The van der Waals surface area contributed by atoms with Crippen LogP contribution in [0.2, 0.25) is 0 Å². The van der Waals surface area contributed by atoms with E-state index in [1.165, 1.54) is 18.5 Å². The highest BCUT2D eigenvalue weighted by molar-refractivity contribution is 5.85. The Hall–Kier alpha value is -0.720. The van der Waals surface area contributed by atoms with Crippen LogP contribution in [-0.2, 0) is 4.74 Å². The molecule has 7 heteroatoms. The van der Waals surface area contributed by atoms with Crippen LogP contribution in [0.15, 0.2) is 24.3 Å². The van der Waals surface area contributed by atoms with Gasteiger partial charge in [-0.1, -0.05) is 12.8 Å². The van der Waals surface area contributed by atoms with Crippen LogP contribution in [0.3, 0.4) is 0 Å². The number of benzene rings is 1.